The number of anilines is 1. The molecule has 6 nitrogen and oxygen atoms in total. The Kier molecular flexibility index (Phi) is 4.16. The second-order valence-electron chi connectivity index (χ2n) is 6.47. The predicted molar refractivity (Wildman–Crippen MR) is 100.0 cm³/mol. The van der Waals surface area contributed by atoms with E-state index in [0.717, 1.165) is 42.2 Å². The third-order valence-corrected chi connectivity index (χ3v) is 4.65. The average molecular weight is 349 g/mol. The van der Waals surface area contributed by atoms with Crippen molar-refractivity contribution in [2.45, 2.75) is 25.8 Å². The largest absolute Gasteiger partial charge is 0.478 e. The smallest absolute Gasteiger partial charge is 0.328 e. The minimum Gasteiger partial charge on any atom is -0.478 e. The lowest BCUT2D eigenvalue weighted by Crippen LogP contribution is -2.28. The summed E-state index contributed by atoms with van der Waals surface area (Å²) in [5, 5.41) is 9.86. The fourth-order valence-corrected chi connectivity index (χ4v) is 3.35. The number of nitrogens with zero attached hydrogens (tertiary/aromatic N) is 3. The van der Waals surface area contributed by atoms with Crippen LogP contribution in [0.3, 0.4) is 0 Å². The summed E-state index contributed by atoms with van der Waals surface area (Å²) in [7, 11) is 0. The van der Waals surface area contributed by atoms with Gasteiger partial charge in [0.05, 0.1) is 11.9 Å². The standard InChI is InChI=1S/C20H19N3O3/c1-13-5-4-10-23(13)20-19(21-12-15(22-20)8-9-18(24)25)17-11-14-6-2-3-7-16(14)26-17/h2-3,6-9,11-13H,4-5,10H2,1H3,(H,24,25)/b9-8+. The molecular weight excluding hydrogens is 330 g/mol. The Bertz CT molecular complexity index is 960. The fourth-order valence-electron chi connectivity index (χ4n) is 3.35. The molecule has 0 saturated carbocycles. The zero-order valence-corrected chi connectivity index (χ0v) is 14.4. The molecule has 4 rings (SSSR count). The van der Waals surface area contributed by atoms with E-state index in [4.69, 9.17) is 9.52 Å². The second kappa shape index (κ2) is 6.63. The van der Waals surface area contributed by atoms with Gasteiger partial charge in [-0.25, -0.2) is 14.8 Å². The van der Waals surface area contributed by atoms with Gasteiger partial charge in [0.2, 0.25) is 0 Å². The molecule has 0 spiro atoms. The molecule has 1 unspecified atom stereocenters. The fraction of sp³-hybridized carbons (Fsp3) is 0.250. The van der Waals surface area contributed by atoms with Gasteiger partial charge in [0.15, 0.2) is 11.6 Å². The van der Waals surface area contributed by atoms with Gasteiger partial charge >= 0.3 is 5.97 Å². The predicted octanol–water partition coefficient (Wildman–Crippen LogP) is 3.98. The normalized spacial score (nSPS) is 17.4. The third kappa shape index (κ3) is 3.06. The van der Waals surface area contributed by atoms with Crippen LogP contribution < -0.4 is 4.90 Å². The number of carboxylic acid groups (broad SMARTS) is 1. The molecule has 0 aliphatic carbocycles. The first-order chi connectivity index (χ1) is 12.6. The van der Waals surface area contributed by atoms with E-state index in [0.29, 0.717) is 23.2 Å². The van der Waals surface area contributed by atoms with Gasteiger partial charge in [0.25, 0.3) is 0 Å². The van der Waals surface area contributed by atoms with E-state index in [9.17, 15) is 4.79 Å². The van der Waals surface area contributed by atoms with Crippen molar-refractivity contribution >= 4 is 28.8 Å². The van der Waals surface area contributed by atoms with Gasteiger partial charge in [-0.3, -0.25) is 0 Å². The first-order valence-corrected chi connectivity index (χ1v) is 8.65. The number of hydrogen-bond acceptors (Lipinski definition) is 5. The van der Waals surface area contributed by atoms with E-state index in [-0.39, 0.29) is 0 Å². The molecule has 0 radical (unpaired) electrons. The van der Waals surface area contributed by atoms with Gasteiger partial charge in [-0.1, -0.05) is 18.2 Å². The van der Waals surface area contributed by atoms with Crippen molar-refractivity contribution < 1.29 is 14.3 Å². The van der Waals surface area contributed by atoms with Crippen LogP contribution in [-0.4, -0.2) is 33.6 Å². The maximum Gasteiger partial charge on any atom is 0.328 e. The Morgan fingerprint density at radius 3 is 2.96 bits per heavy atom. The van der Waals surface area contributed by atoms with Crippen LogP contribution in [-0.2, 0) is 4.79 Å². The molecule has 1 saturated heterocycles. The summed E-state index contributed by atoms with van der Waals surface area (Å²) in [4.78, 5) is 22.2. The van der Waals surface area contributed by atoms with Crippen LogP contribution >= 0.6 is 0 Å². The number of aliphatic carboxylic acids is 1. The van der Waals surface area contributed by atoms with E-state index in [1.807, 2.05) is 30.3 Å². The lowest BCUT2D eigenvalue weighted by Gasteiger charge is -2.24. The molecule has 132 valence electrons. The van der Waals surface area contributed by atoms with Crippen LogP contribution in [0.5, 0.6) is 0 Å². The molecular formula is C20H19N3O3. The molecule has 3 aromatic rings. The highest BCUT2D eigenvalue weighted by Gasteiger charge is 2.26. The van der Waals surface area contributed by atoms with Crippen LogP contribution in [0, 0.1) is 0 Å². The first-order valence-electron chi connectivity index (χ1n) is 8.65. The highest BCUT2D eigenvalue weighted by atomic mass is 16.4. The first kappa shape index (κ1) is 16.3. The highest BCUT2D eigenvalue weighted by Crippen LogP contribution is 2.35. The van der Waals surface area contributed by atoms with Crippen molar-refractivity contribution in [3.63, 3.8) is 0 Å². The molecule has 1 aliphatic rings. The molecule has 1 fully saturated rings. The number of para-hydroxylation sites is 1. The van der Waals surface area contributed by atoms with Gasteiger partial charge < -0.3 is 14.4 Å². The van der Waals surface area contributed by atoms with E-state index in [2.05, 4.69) is 21.8 Å². The number of fused-ring (bicyclic) bond motifs is 1. The van der Waals surface area contributed by atoms with E-state index in [1.165, 1.54) is 6.08 Å². The van der Waals surface area contributed by atoms with Crippen molar-refractivity contribution in [3.05, 3.63) is 48.3 Å². The van der Waals surface area contributed by atoms with Gasteiger partial charge in [0, 0.05) is 24.0 Å². The number of hydrogen-bond donors (Lipinski definition) is 1. The van der Waals surface area contributed by atoms with Crippen molar-refractivity contribution in [1.29, 1.82) is 0 Å². The number of furan rings is 1. The minimum atomic E-state index is -1.01. The molecule has 1 N–H and O–H groups in total. The van der Waals surface area contributed by atoms with Crippen molar-refractivity contribution in [2.24, 2.45) is 0 Å². The Hall–Kier alpha value is -3.15. The van der Waals surface area contributed by atoms with E-state index < -0.39 is 5.97 Å². The number of aromatic nitrogens is 2. The molecule has 6 heteroatoms. The molecule has 26 heavy (non-hydrogen) atoms. The zero-order chi connectivity index (χ0) is 18.1. The van der Waals surface area contributed by atoms with Crippen LogP contribution in [0.25, 0.3) is 28.5 Å². The number of rotatable bonds is 4. The molecule has 0 bridgehead atoms. The van der Waals surface area contributed by atoms with E-state index >= 15 is 0 Å². The van der Waals surface area contributed by atoms with Gasteiger partial charge in [-0.2, -0.15) is 0 Å². The molecule has 1 atom stereocenters. The molecule has 1 aliphatic heterocycles. The lowest BCUT2D eigenvalue weighted by molar-refractivity contribution is -0.131. The summed E-state index contributed by atoms with van der Waals surface area (Å²) in [5.41, 5.74) is 2.00. The number of benzene rings is 1. The van der Waals surface area contributed by atoms with Crippen molar-refractivity contribution in [3.8, 4) is 11.5 Å². The Balaban J connectivity index is 1.83. The summed E-state index contributed by atoms with van der Waals surface area (Å²) in [6.07, 6.45) is 6.30. The third-order valence-electron chi connectivity index (χ3n) is 4.65. The molecule has 1 aromatic carbocycles. The number of carbonyl (C=O) groups is 1. The second-order valence-corrected chi connectivity index (χ2v) is 6.47. The Labute approximate surface area is 150 Å². The maximum atomic E-state index is 10.8. The van der Waals surface area contributed by atoms with Crippen LogP contribution in [0.2, 0.25) is 0 Å². The van der Waals surface area contributed by atoms with Crippen molar-refractivity contribution in [2.75, 3.05) is 11.4 Å². The minimum absolute atomic E-state index is 0.353. The maximum absolute atomic E-state index is 10.8. The van der Waals surface area contributed by atoms with Gasteiger partial charge in [0.1, 0.15) is 11.3 Å². The van der Waals surface area contributed by atoms with Crippen LogP contribution in [0.4, 0.5) is 5.82 Å². The van der Waals surface area contributed by atoms with Gasteiger partial charge in [-0.15, -0.1) is 0 Å². The average Bonchev–Trinajstić information content (AvgIpc) is 3.25. The Morgan fingerprint density at radius 1 is 1.38 bits per heavy atom. The Morgan fingerprint density at radius 2 is 2.23 bits per heavy atom. The molecule has 2 aromatic heterocycles. The SMILES string of the molecule is CC1CCCN1c1nc(/C=C/C(=O)O)cnc1-c1cc2ccccc2o1. The summed E-state index contributed by atoms with van der Waals surface area (Å²) < 4.78 is 5.99. The van der Waals surface area contributed by atoms with Crippen molar-refractivity contribution in [1.82, 2.24) is 9.97 Å². The highest BCUT2D eigenvalue weighted by molar-refractivity contribution is 5.86. The monoisotopic (exact) mass is 349 g/mol. The summed E-state index contributed by atoms with van der Waals surface area (Å²) >= 11 is 0. The van der Waals surface area contributed by atoms with Gasteiger partial charge in [-0.05, 0) is 38.0 Å². The van der Waals surface area contributed by atoms with Crippen LogP contribution in [0.1, 0.15) is 25.5 Å². The molecule has 0 amide bonds. The van der Waals surface area contributed by atoms with E-state index in [1.54, 1.807) is 6.20 Å². The lowest BCUT2D eigenvalue weighted by atomic mass is 10.2. The molecule has 3 heterocycles. The summed E-state index contributed by atoms with van der Waals surface area (Å²) in [5.74, 6) is 0.396. The summed E-state index contributed by atoms with van der Waals surface area (Å²) in [6.45, 7) is 3.06. The zero-order valence-electron chi connectivity index (χ0n) is 14.4. The summed E-state index contributed by atoms with van der Waals surface area (Å²) in [6, 6.07) is 10.1. The number of carboxylic acids is 1. The topological polar surface area (TPSA) is 79.5 Å². The van der Waals surface area contributed by atoms with Crippen LogP contribution in [0.15, 0.2) is 47.0 Å². The quantitative estimate of drug-likeness (QED) is 0.718.